The minimum absolute atomic E-state index is 0.142. The Kier molecular flexibility index (Phi) is 6.90. The summed E-state index contributed by atoms with van der Waals surface area (Å²) in [5, 5.41) is 5.13. The zero-order valence-corrected chi connectivity index (χ0v) is 21.4. The van der Waals surface area contributed by atoms with Crippen molar-refractivity contribution in [1.29, 1.82) is 0 Å². The second-order valence-electron chi connectivity index (χ2n) is 9.19. The van der Waals surface area contributed by atoms with E-state index in [1.165, 1.54) is 5.56 Å². The molecule has 4 aromatic rings. The zero-order chi connectivity index (χ0) is 24.4. The van der Waals surface area contributed by atoms with Crippen LogP contribution in [-0.4, -0.2) is 53.5 Å². The molecule has 6 nitrogen and oxygen atoms in total. The third-order valence-electron chi connectivity index (χ3n) is 6.77. The van der Waals surface area contributed by atoms with Gasteiger partial charge in [-0.15, -0.1) is 11.3 Å². The maximum atomic E-state index is 13.2. The van der Waals surface area contributed by atoms with Crippen molar-refractivity contribution in [3.63, 3.8) is 0 Å². The first-order valence-corrected chi connectivity index (χ1v) is 13.0. The van der Waals surface area contributed by atoms with Gasteiger partial charge in [0.25, 0.3) is 5.91 Å². The number of aromatic nitrogens is 1. The Morgan fingerprint density at radius 2 is 1.80 bits per heavy atom. The van der Waals surface area contributed by atoms with Gasteiger partial charge in [0.2, 0.25) is 0 Å². The molecule has 3 heterocycles. The predicted octanol–water partition coefficient (Wildman–Crippen LogP) is 5.59. The van der Waals surface area contributed by atoms with Gasteiger partial charge in [0.05, 0.1) is 15.9 Å². The Hall–Kier alpha value is -3.13. The minimum Gasteiger partial charge on any atom is -0.455 e. The van der Waals surface area contributed by atoms with Crippen LogP contribution in [0.15, 0.2) is 60.0 Å². The summed E-state index contributed by atoms with van der Waals surface area (Å²) in [6.07, 6.45) is 0.806. The zero-order valence-electron chi connectivity index (χ0n) is 20.6. The number of anilines is 1. The van der Waals surface area contributed by atoms with Crippen molar-refractivity contribution in [2.75, 3.05) is 38.5 Å². The molecule has 1 fully saturated rings. The summed E-state index contributed by atoms with van der Waals surface area (Å²) >= 11 is 1.64. The molecule has 0 radical (unpaired) electrons. The monoisotopic (exact) mass is 488 g/mol. The van der Waals surface area contributed by atoms with Crippen LogP contribution in [0.2, 0.25) is 0 Å². The molecule has 0 spiro atoms. The molecule has 0 atom stereocenters. The number of carbonyl (C=O) groups excluding carboxylic acids is 1. The highest BCUT2D eigenvalue weighted by atomic mass is 32.1. The van der Waals surface area contributed by atoms with E-state index in [0.29, 0.717) is 17.1 Å². The molecule has 2 aromatic carbocycles. The van der Waals surface area contributed by atoms with E-state index in [1.54, 1.807) is 11.3 Å². The van der Waals surface area contributed by atoms with Gasteiger partial charge < -0.3 is 19.5 Å². The smallest absolute Gasteiger partial charge is 0.272 e. The summed E-state index contributed by atoms with van der Waals surface area (Å²) in [4.78, 5) is 18.0. The van der Waals surface area contributed by atoms with Crippen LogP contribution in [0.3, 0.4) is 0 Å². The Bertz CT molecular complexity index is 1320. The van der Waals surface area contributed by atoms with E-state index in [9.17, 15) is 4.79 Å². The molecule has 1 aliphatic rings. The molecule has 0 unspecified atom stereocenters. The average Bonchev–Trinajstić information content (AvgIpc) is 3.45. The van der Waals surface area contributed by atoms with Crippen LogP contribution >= 0.6 is 11.3 Å². The number of aryl methyl sites for hydroxylation is 2. The van der Waals surface area contributed by atoms with E-state index in [1.807, 2.05) is 59.5 Å². The number of hydrogen-bond donors (Lipinski definition) is 1. The van der Waals surface area contributed by atoms with Crippen LogP contribution in [0.4, 0.5) is 5.69 Å². The summed E-state index contributed by atoms with van der Waals surface area (Å²) in [7, 11) is 4.10. The molecule has 182 valence electrons. The van der Waals surface area contributed by atoms with Gasteiger partial charge in [-0.2, -0.15) is 0 Å². The van der Waals surface area contributed by atoms with Crippen LogP contribution in [0.1, 0.15) is 28.5 Å². The van der Waals surface area contributed by atoms with Gasteiger partial charge in [0.15, 0.2) is 5.75 Å². The molecule has 7 heteroatoms. The van der Waals surface area contributed by atoms with Crippen molar-refractivity contribution < 1.29 is 9.53 Å². The molecular weight excluding hydrogens is 456 g/mol. The number of fused-ring (bicyclic) bond motifs is 1. The minimum atomic E-state index is -0.142. The first kappa shape index (κ1) is 23.6. The standard InChI is InChI=1S/C28H32N4O2S/c1-4-21-6-5-7-23(29-28(33)25-18-26-24(31(25)3)12-17-35-26)27(21)34-22-10-8-20(9-11-22)19-32-15-13-30(2)14-16-32/h5-12,17-18H,4,13-16,19H2,1-3H3,(H,29,33). The van der Waals surface area contributed by atoms with Crippen molar-refractivity contribution in [1.82, 2.24) is 14.4 Å². The first-order chi connectivity index (χ1) is 17.0. The fourth-order valence-electron chi connectivity index (χ4n) is 4.58. The maximum absolute atomic E-state index is 13.2. The Morgan fingerprint density at radius 1 is 1.03 bits per heavy atom. The summed E-state index contributed by atoms with van der Waals surface area (Å²) in [5.41, 5.74) is 4.71. The number of ether oxygens (including phenoxy) is 1. The lowest BCUT2D eigenvalue weighted by molar-refractivity contribution is 0.101. The second kappa shape index (κ2) is 10.2. The molecule has 35 heavy (non-hydrogen) atoms. The fourth-order valence-corrected chi connectivity index (χ4v) is 5.43. The highest BCUT2D eigenvalue weighted by molar-refractivity contribution is 7.17. The first-order valence-electron chi connectivity index (χ1n) is 12.2. The highest BCUT2D eigenvalue weighted by Crippen LogP contribution is 2.35. The van der Waals surface area contributed by atoms with Gasteiger partial charge in [-0.3, -0.25) is 9.69 Å². The molecule has 1 saturated heterocycles. The van der Waals surface area contributed by atoms with Gasteiger partial charge in [-0.25, -0.2) is 0 Å². The number of thiophene rings is 1. The van der Waals surface area contributed by atoms with E-state index in [-0.39, 0.29) is 5.91 Å². The molecule has 1 N–H and O–H groups in total. The lowest BCUT2D eigenvalue weighted by Crippen LogP contribution is -2.43. The number of para-hydroxylation sites is 1. The summed E-state index contributed by atoms with van der Waals surface area (Å²) in [6, 6.07) is 18.2. The molecule has 2 aromatic heterocycles. The van der Waals surface area contributed by atoms with E-state index < -0.39 is 0 Å². The van der Waals surface area contributed by atoms with Crippen LogP contribution < -0.4 is 10.1 Å². The molecule has 0 bridgehead atoms. The Labute approximate surface area is 210 Å². The van der Waals surface area contributed by atoms with Gasteiger partial charge in [-0.1, -0.05) is 31.2 Å². The normalized spacial score (nSPS) is 14.9. The number of nitrogens with zero attached hydrogens (tertiary/aromatic N) is 3. The highest BCUT2D eigenvalue weighted by Gasteiger charge is 2.18. The molecule has 1 amide bonds. The van der Waals surface area contributed by atoms with Crippen molar-refractivity contribution in [3.05, 3.63) is 76.8 Å². The molecule has 5 rings (SSSR count). The third kappa shape index (κ3) is 5.12. The predicted molar refractivity (Wildman–Crippen MR) is 144 cm³/mol. The van der Waals surface area contributed by atoms with Crippen LogP contribution in [-0.2, 0) is 20.0 Å². The number of amides is 1. The number of hydrogen-bond acceptors (Lipinski definition) is 5. The van der Waals surface area contributed by atoms with E-state index in [2.05, 4.69) is 41.2 Å². The summed E-state index contributed by atoms with van der Waals surface area (Å²) < 4.78 is 9.40. The van der Waals surface area contributed by atoms with Crippen molar-refractivity contribution in [2.24, 2.45) is 7.05 Å². The van der Waals surface area contributed by atoms with Gasteiger partial charge >= 0.3 is 0 Å². The van der Waals surface area contributed by atoms with E-state index >= 15 is 0 Å². The molecule has 0 aliphatic carbocycles. The number of rotatable bonds is 7. The Balaban J connectivity index is 1.32. The van der Waals surface area contributed by atoms with E-state index in [0.717, 1.165) is 60.7 Å². The summed E-state index contributed by atoms with van der Waals surface area (Å²) in [6.45, 7) is 7.48. The SMILES string of the molecule is CCc1cccc(NC(=O)c2cc3sccc3n2C)c1Oc1ccc(CN2CCN(C)CC2)cc1. The quantitative estimate of drug-likeness (QED) is 0.368. The number of carbonyl (C=O) groups is 1. The van der Waals surface area contributed by atoms with Gasteiger partial charge in [0, 0.05) is 39.8 Å². The number of benzene rings is 2. The third-order valence-corrected chi connectivity index (χ3v) is 7.62. The van der Waals surface area contributed by atoms with Crippen molar-refractivity contribution in [2.45, 2.75) is 19.9 Å². The lowest BCUT2D eigenvalue weighted by Gasteiger charge is -2.32. The fraction of sp³-hybridized carbons (Fsp3) is 0.321. The average molecular weight is 489 g/mol. The number of nitrogens with one attached hydrogen (secondary N) is 1. The van der Waals surface area contributed by atoms with Gasteiger partial charge in [-0.05, 0) is 60.3 Å². The largest absolute Gasteiger partial charge is 0.455 e. The van der Waals surface area contributed by atoms with Crippen molar-refractivity contribution >= 4 is 33.1 Å². The maximum Gasteiger partial charge on any atom is 0.272 e. The van der Waals surface area contributed by atoms with Gasteiger partial charge in [0.1, 0.15) is 11.4 Å². The number of piperazine rings is 1. The molecular formula is C28H32N4O2S. The number of likely N-dealkylation sites (N-methyl/N-ethyl adjacent to an activating group) is 1. The topological polar surface area (TPSA) is 49.7 Å². The van der Waals surface area contributed by atoms with Crippen LogP contribution in [0, 0.1) is 0 Å². The molecule has 1 aliphatic heterocycles. The van der Waals surface area contributed by atoms with E-state index in [4.69, 9.17) is 4.74 Å². The van der Waals surface area contributed by atoms with Crippen LogP contribution in [0.5, 0.6) is 11.5 Å². The second-order valence-corrected chi connectivity index (χ2v) is 10.1. The molecule has 0 saturated carbocycles. The van der Waals surface area contributed by atoms with Crippen LogP contribution in [0.25, 0.3) is 10.2 Å². The summed E-state index contributed by atoms with van der Waals surface area (Å²) in [5.74, 6) is 1.32. The lowest BCUT2D eigenvalue weighted by atomic mass is 10.1. The van der Waals surface area contributed by atoms with Crippen molar-refractivity contribution in [3.8, 4) is 11.5 Å². The Morgan fingerprint density at radius 3 is 2.51 bits per heavy atom.